The molecule has 0 radical (unpaired) electrons. The predicted molar refractivity (Wildman–Crippen MR) is 45.4 cm³/mol. The lowest BCUT2D eigenvalue weighted by atomic mass is 10.5. The highest BCUT2D eigenvalue weighted by atomic mass is 16.6. The summed E-state index contributed by atoms with van der Waals surface area (Å²) < 4.78 is 6.16. The molecule has 0 aliphatic heterocycles. The third-order valence-corrected chi connectivity index (χ3v) is 1.50. The third-order valence-electron chi connectivity index (χ3n) is 1.50. The van der Waals surface area contributed by atoms with Crippen LogP contribution in [0.25, 0.3) is 0 Å². The monoisotopic (exact) mass is 186 g/mol. The second-order valence-electron chi connectivity index (χ2n) is 2.35. The van der Waals surface area contributed by atoms with Crippen LogP contribution in [0.2, 0.25) is 0 Å². The Morgan fingerprint density at radius 2 is 2.38 bits per heavy atom. The van der Waals surface area contributed by atoms with Crippen molar-refractivity contribution in [2.75, 3.05) is 12.3 Å². The summed E-state index contributed by atoms with van der Waals surface area (Å²) in [6.07, 6.45) is 0. The molecule has 1 aromatic heterocycles. The molecule has 0 saturated carbocycles. The highest BCUT2D eigenvalue weighted by Gasteiger charge is 2.25. The molecule has 0 saturated heterocycles. The van der Waals surface area contributed by atoms with E-state index < -0.39 is 4.92 Å². The van der Waals surface area contributed by atoms with Gasteiger partial charge >= 0.3 is 11.6 Å². The van der Waals surface area contributed by atoms with Gasteiger partial charge in [0.2, 0.25) is 5.82 Å². The quantitative estimate of drug-likeness (QED) is 0.541. The van der Waals surface area contributed by atoms with Crippen LogP contribution in [0.1, 0.15) is 6.92 Å². The second kappa shape index (κ2) is 3.30. The zero-order valence-corrected chi connectivity index (χ0v) is 7.35. The average Bonchev–Trinajstić information content (AvgIpc) is 2.28. The maximum atomic E-state index is 10.5. The van der Waals surface area contributed by atoms with E-state index in [0.29, 0.717) is 6.61 Å². The van der Waals surface area contributed by atoms with Crippen molar-refractivity contribution < 1.29 is 9.66 Å². The fraction of sp³-hybridized carbons (Fsp3) is 0.500. The van der Waals surface area contributed by atoms with Gasteiger partial charge < -0.3 is 10.5 Å². The first-order chi connectivity index (χ1) is 6.07. The molecule has 2 N–H and O–H groups in total. The normalized spacial score (nSPS) is 10.0. The van der Waals surface area contributed by atoms with Gasteiger partial charge in [-0.1, -0.05) is 0 Å². The molecule has 7 nitrogen and oxygen atoms in total. The lowest BCUT2D eigenvalue weighted by Gasteiger charge is -1.95. The summed E-state index contributed by atoms with van der Waals surface area (Å²) in [5.74, 6) is -0.0408. The molecule has 0 aromatic carbocycles. The first kappa shape index (κ1) is 9.30. The molecule has 0 amide bonds. The van der Waals surface area contributed by atoms with E-state index in [2.05, 4.69) is 5.10 Å². The minimum absolute atomic E-state index is 0.00606. The van der Waals surface area contributed by atoms with Crippen molar-refractivity contribution >= 4 is 11.5 Å². The van der Waals surface area contributed by atoms with Crippen LogP contribution >= 0.6 is 0 Å². The molecule has 0 aliphatic carbocycles. The summed E-state index contributed by atoms with van der Waals surface area (Å²) in [6, 6.07) is 0. The van der Waals surface area contributed by atoms with Gasteiger partial charge in [-0.3, -0.25) is 10.1 Å². The van der Waals surface area contributed by atoms with Gasteiger partial charge in [-0.15, -0.1) is 5.10 Å². The summed E-state index contributed by atoms with van der Waals surface area (Å²) in [6.45, 7) is 2.03. The van der Waals surface area contributed by atoms with E-state index in [0.717, 1.165) is 0 Å². The summed E-state index contributed by atoms with van der Waals surface area (Å²) >= 11 is 0. The molecule has 0 unspecified atom stereocenters. The van der Waals surface area contributed by atoms with Crippen LogP contribution in [-0.4, -0.2) is 21.3 Å². The van der Waals surface area contributed by atoms with E-state index in [9.17, 15) is 10.1 Å². The van der Waals surface area contributed by atoms with Crippen LogP contribution in [-0.2, 0) is 7.05 Å². The van der Waals surface area contributed by atoms with Gasteiger partial charge in [0.25, 0.3) is 0 Å². The van der Waals surface area contributed by atoms with E-state index in [4.69, 9.17) is 10.5 Å². The molecule has 72 valence electrons. The van der Waals surface area contributed by atoms with Crippen molar-refractivity contribution in [1.29, 1.82) is 0 Å². The average molecular weight is 186 g/mol. The molecule has 1 heterocycles. The van der Waals surface area contributed by atoms with Gasteiger partial charge in [-0.25, -0.2) is 4.68 Å². The molecular formula is C6H10N4O3. The number of rotatable bonds is 3. The molecule has 0 bridgehead atoms. The SMILES string of the molecule is CCOc1nn(C)c(N)c1[N+](=O)[O-]. The van der Waals surface area contributed by atoms with Gasteiger partial charge in [0.1, 0.15) is 0 Å². The molecule has 0 spiro atoms. The van der Waals surface area contributed by atoms with Crippen molar-refractivity contribution in [3.8, 4) is 5.88 Å². The maximum Gasteiger partial charge on any atom is 0.373 e. The number of anilines is 1. The molecule has 7 heteroatoms. The molecular weight excluding hydrogens is 176 g/mol. The highest BCUT2D eigenvalue weighted by molar-refractivity contribution is 5.59. The lowest BCUT2D eigenvalue weighted by Crippen LogP contribution is -1.99. The molecule has 1 rings (SSSR count). The number of aryl methyl sites for hydroxylation is 1. The predicted octanol–water partition coefficient (Wildman–Crippen LogP) is 0.309. The van der Waals surface area contributed by atoms with Crippen LogP contribution in [0.4, 0.5) is 11.5 Å². The summed E-state index contributed by atoms with van der Waals surface area (Å²) in [7, 11) is 1.52. The van der Waals surface area contributed by atoms with Crippen molar-refractivity contribution in [3.63, 3.8) is 0 Å². The number of nitrogen functional groups attached to an aromatic ring is 1. The Balaban J connectivity index is 3.18. The topological polar surface area (TPSA) is 96.2 Å². The number of nitrogens with two attached hydrogens (primary N) is 1. The molecule has 1 aromatic rings. The van der Waals surface area contributed by atoms with Gasteiger partial charge in [0.15, 0.2) is 0 Å². The van der Waals surface area contributed by atoms with Crippen LogP contribution in [0.3, 0.4) is 0 Å². The van der Waals surface area contributed by atoms with E-state index in [1.807, 2.05) is 0 Å². The Morgan fingerprint density at radius 3 is 2.85 bits per heavy atom. The van der Waals surface area contributed by atoms with E-state index in [1.54, 1.807) is 6.92 Å². The van der Waals surface area contributed by atoms with Crippen LogP contribution < -0.4 is 10.5 Å². The Kier molecular flexibility index (Phi) is 2.36. The standard InChI is InChI=1S/C6H10N4O3/c1-3-13-6-4(10(11)12)5(7)9(2)8-6/h3,7H2,1-2H3. The number of aromatic nitrogens is 2. The van der Waals surface area contributed by atoms with Crippen molar-refractivity contribution in [2.24, 2.45) is 7.05 Å². The lowest BCUT2D eigenvalue weighted by molar-refractivity contribution is -0.384. The van der Waals surface area contributed by atoms with Crippen LogP contribution in [0, 0.1) is 10.1 Å². The van der Waals surface area contributed by atoms with Gasteiger partial charge in [-0.05, 0) is 6.92 Å². The van der Waals surface area contributed by atoms with Gasteiger partial charge in [0, 0.05) is 7.05 Å². The number of nitrogens with zero attached hydrogens (tertiary/aromatic N) is 3. The maximum absolute atomic E-state index is 10.5. The van der Waals surface area contributed by atoms with E-state index in [-0.39, 0.29) is 17.4 Å². The third kappa shape index (κ3) is 1.53. The van der Waals surface area contributed by atoms with Crippen molar-refractivity contribution in [3.05, 3.63) is 10.1 Å². The Labute approximate surface area is 74.2 Å². The van der Waals surface area contributed by atoms with Crippen molar-refractivity contribution in [2.45, 2.75) is 6.92 Å². The first-order valence-corrected chi connectivity index (χ1v) is 3.67. The smallest absolute Gasteiger partial charge is 0.373 e. The first-order valence-electron chi connectivity index (χ1n) is 3.67. The van der Waals surface area contributed by atoms with E-state index in [1.165, 1.54) is 11.7 Å². The molecule has 0 fully saturated rings. The van der Waals surface area contributed by atoms with Crippen LogP contribution in [0.15, 0.2) is 0 Å². The Morgan fingerprint density at radius 1 is 1.77 bits per heavy atom. The largest absolute Gasteiger partial charge is 0.472 e. The number of nitro groups is 1. The highest BCUT2D eigenvalue weighted by Crippen LogP contribution is 2.31. The zero-order valence-electron chi connectivity index (χ0n) is 7.35. The van der Waals surface area contributed by atoms with Gasteiger partial charge in [0.05, 0.1) is 11.5 Å². The summed E-state index contributed by atoms with van der Waals surface area (Å²) in [5, 5.41) is 14.3. The number of hydrogen-bond acceptors (Lipinski definition) is 5. The summed E-state index contributed by atoms with van der Waals surface area (Å²) in [4.78, 5) is 9.92. The Bertz CT molecular complexity index is 333. The second-order valence-corrected chi connectivity index (χ2v) is 2.35. The fourth-order valence-corrected chi connectivity index (χ4v) is 0.906. The van der Waals surface area contributed by atoms with Gasteiger partial charge in [-0.2, -0.15) is 0 Å². The minimum Gasteiger partial charge on any atom is -0.472 e. The number of hydrogen-bond donors (Lipinski definition) is 1. The number of ether oxygens (including phenoxy) is 1. The van der Waals surface area contributed by atoms with Crippen LogP contribution in [0.5, 0.6) is 5.88 Å². The fourth-order valence-electron chi connectivity index (χ4n) is 0.906. The summed E-state index contributed by atoms with van der Waals surface area (Å²) in [5.41, 5.74) is 5.14. The zero-order chi connectivity index (χ0) is 10.0. The molecule has 0 atom stereocenters. The molecule has 0 aliphatic rings. The Hall–Kier alpha value is -1.79. The van der Waals surface area contributed by atoms with E-state index >= 15 is 0 Å². The van der Waals surface area contributed by atoms with Crippen molar-refractivity contribution in [1.82, 2.24) is 9.78 Å². The molecule has 13 heavy (non-hydrogen) atoms. The minimum atomic E-state index is -0.604.